The number of alkyl halides is 3. The van der Waals surface area contributed by atoms with Gasteiger partial charge in [0.25, 0.3) is 0 Å². The summed E-state index contributed by atoms with van der Waals surface area (Å²) in [5.74, 6) is 0. The number of benzene rings is 2. The first-order chi connectivity index (χ1) is 10.0. The minimum absolute atomic E-state index is 0.0870. The standard InChI is InChI=1S/C16H14F3NS/c17-16(18,19)21-13-8-6-12(7-9-13)20-15-10-5-11-3-1-2-4-14(11)15/h1-4,6-9,15,20H,5,10H2. The average molecular weight is 309 g/mol. The maximum atomic E-state index is 12.3. The normalized spacial score (nSPS) is 17.6. The largest absolute Gasteiger partial charge is 0.446 e. The number of aryl methyl sites for hydroxylation is 1. The fourth-order valence-electron chi connectivity index (χ4n) is 2.66. The Morgan fingerprint density at radius 3 is 2.43 bits per heavy atom. The Kier molecular flexibility index (Phi) is 3.85. The van der Waals surface area contributed by atoms with Crippen molar-refractivity contribution in [2.24, 2.45) is 0 Å². The van der Waals surface area contributed by atoms with Gasteiger partial charge in [-0.25, -0.2) is 0 Å². The highest BCUT2D eigenvalue weighted by molar-refractivity contribution is 8.00. The van der Waals surface area contributed by atoms with Crippen LogP contribution in [0.3, 0.4) is 0 Å². The first-order valence-electron chi connectivity index (χ1n) is 6.71. The van der Waals surface area contributed by atoms with Gasteiger partial charge in [0.15, 0.2) is 0 Å². The van der Waals surface area contributed by atoms with Crippen molar-refractivity contribution < 1.29 is 13.2 Å². The van der Waals surface area contributed by atoms with E-state index in [-0.39, 0.29) is 22.7 Å². The van der Waals surface area contributed by atoms with E-state index >= 15 is 0 Å². The van der Waals surface area contributed by atoms with Gasteiger partial charge in [-0.3, -0.25) is 0 Å². The number of anilines is 1. The fourth-order valence-corrected chi connectivity index (χ4v) is 3.20. The molecule has 1 N–H and O–H groups in total. The molecular weight excluding hydrogens is 295 g/mol. The molecule has 1 aliphatic carbocycles. The summed E-state index contributed by atoms with van der Waals surface area (Å²) in [6.07, 6.45) is 2.05. The number of thioether (sulfide) groups is 1. The Balaban J connectivity index is 1.69. The molecule has 0 bridgehead atoms. The van der Waals surface area contributed by atoms with E-state index in [0.29, 0.717) is 0 Å². The van der Waals surface area contributed by atoms with Crippen LogP contribution in [0, 0.1) is 0 Å². The third-order valence-electron chi connectivity index (χ3n) is 3.56. The smallest absolute Gasteiger partial charge is 0.378 e. The Hall–Kier alpha value is -1.62. The van der Waals surface area contributed by atoms with Gasteiger partial charge in [-0.05, 0) is 60.0 Å². The first kappa shape index (κ1) is 14.3. The van der Waals surface area contributed by atoms with Gasteiger partial charge in [0.2, 0.25) is 0 Å². The molecule has 21 heavy (non-hydrogen) atoms. The summed E-state index contributed by atoms with van der Waals surface area (Å²) in [6, 6.07) is 14.9. The third kappa shape index (κ3) is 3.53. The van der Waals surface area contributed by atoms with Crippen LogP contribution in [0.1, 0.15) is 23.6 Å². The van der Waals surface area contributed by atoms with E-state index in [1.165, 1.54) is 23.3 Å². The van der Waals surface area contributed by atoms with E-state index in [4.69, 9.17) is 0 Å². The lowest BCUT2D eigenvalue weighted by Gasteiger charge is -2.16. The summed E-state index contributed by atoms with van der Waals surface area (Å²) in [4.78, 5) is 0.208. The molecule has 0 saturated carbocycles. The second kappa shape index (κ2) is 5.64. The number of rotatable bonds is 3. The Morgan fingerprint density at radius 2 is 1.71 bits per heavy atom. The first-order valence-corrected chi connectivity index (χ1v) is 7.53. The molecule has 2 aromatic rings. The minimum atomic E-state index is -4.24. The van der Waals surface area contributed by atoms with Gasteiger partial charge in [-0.2, -0.15) is 13.2 Å². The van der Waals surface area contributed by atoms with Gasteiger partial charge in [-0.1, -0.05) is 24.3 Å². The summed E-state index contributed by atoms with van der Waals surface area (Å²) in [5, 5.41) is 3.40. The summed E-state index contributed by atoms with van der Waals surface area (Å²) < 4.78 is 36.8. The van der Waals surface area contributed by atoms with Crippen LogP contribution in [0.25, 0.3) is 0 Å². The van der Waals surface area contributed by atoms with Crippen molar-refractivity contribution in [3.8, 4) is 0 Å². The zero-order valence-electron chi connectivity index (χ0n) is 11.2. The van der Waals surface area contributed by atoms with Gasteiger partial charge in [0.1, 0.15) is 0 Å². The van der Waals surface area contributed by atoms with E-state index in [1.54, 1.807) is 12.1 Å². The van der Waals surface area contributed by atoms with E-state index < -0.39 is 5.51 Å². The van der Waals surface area contributed by atoms with Crippen molar-refractivity contribution in [1.82, 2.24) is 0 Å². The molecule has 0 saturated heterocycles. The number of hydrogen-bond donors (Lipinski definition) is 1. The summed E-state index contributed by atoms with van der Waals surface area (Å²) in [6.45, 7) is 0. The maximum Gasteiger partial charge on any atom is 0.446 e. The van der Waals surface area contributed by atoms with Crippen LogP contribution in [-0.2, 0) is 6.42 Å². The monoisotopic (exact) mass is 309 g/mol. The van der Waals surface area contributed by atoms with Crippen LogP contribution in [0.15, 0.2) is 53.4 Å². The number of halogens is 3. The van der Waals surface area contributed by atoms with Gasteiger partial charge in [0, 0.05) is 10.6 Å². The molecule has 2 aromatic carbocycles. The molecule has 3 rings (SSSR count). The molecule has 1 nitrogen and oxygen atoms in total. The second-order valence-electron chi connectivity index (χ2n) is 5.01. The van der Waals surface area contributed by atoms with Crippen LogP contribution in [0.5, 0.6) is 0 Å². The van der Waals surface area contributed by atoms with Crippen molar-refractivity contribution in [3.05, 3.63) is 59.7 Å². The van der Waals surface area contributed by atoms with E-state index in [1.807, 2.05) is 12.1 Å². The highest BCUT2D eigenvalue weighted by atomic mass is 32.2. The van der Waals surface area contributed by atoms with Crippen LogP contribution in [0.4, 0.5) is 18.9 Å². The molecule has 5 heteroatoms. The lowest BCUT2D eigenvalue weighted by molar-refractivity contribution is -0.0328. The average Bonchev–Trinajstić information content (AvgIpc) is 2.83. The molecule has 0 heterocycles. The SMILES string of the molecule is FC(F)(F)Sc1ccc(NC2CCc3ccccc32)cc1. The topological polar surface area (TPSA) is 12.0 Å². The Morgan fingerprint density at radius 1 is 1.00 bits per heavy atom. The molecule has 0 aliphatic heterocycles. The molecule has 1 aliphatic rings. The summed E-state index contributed by atoms with van der Waals surface area (Å²) in [7, 11) is 0. The van der Waals surface area contributed by atoms with Crippen molar-refractivity contribution in [2.45, 2.75) is 29.3 Å². The lowest BCUT2D eigenvalue weighted by atomic mass is 10.1. The predicted octanol–water partition coefficient (Wildman–Crippen LogP) is 5.40. The lowest BCUT2D eigenvalue weighted by Crippen LogP contribution is -2.06. The molecule has 1 unspecified atom stereocenters. The van der Waals surface area contributed by atoms with Crippen LogP contribution < -0.4 is 5.32 Å². The molecular formula is C16H14F3NS. The molecule has 0 amide bonds. The molecule has 0 fully saturated rings. The van der Waals surface area contributed by atoms with Crippen molar-refractivity contribution in [3.63, 3.8) is 0 Å². The van der Waals surface area contributed by atoms with E-state index in [2.05, 4.69) is 17.4 Å². The molecule has 1 atom stereocenters. The third-order valence-corrected chi connectivity index (χ3v) is 4.30. The van der Waals surface area contributed by atoms with Gasteiger partial charge >= 0.3 is 5.51 Å². The highest BCUT2D eigenvalue weighted by Crippen LogP contribution is 2.38. The maximum absolute atomic E-state index is 12.3. The van der Waals surface area contributed by atoms with Crippen molar-refractivity contribution in [1.29, 1.82) is 0 Å². The molecule has 0 spiro atoms. The van der Waals surface area contributed by atoms with E-state index in [9.17, 15) is 13.2 Å². The summed E-state index contributed by atoms with van der Waals surface area (Å²) >= 11 is -0.0870. The minimum Gasteiger partial charge on any atom is -0.378 e. The van der Waals surface area contributed by atoms with Gasteiger partial charge in [0.05, 0.1) is 6.04 Å². The van der Waals surface area contributed by atoms with Gasteiger partial charge < -0.3 is 5.32 Å². The fraction of sp³-hybridized carbons (Fsp3) is 0.250. The zero-order valence-corrected chi connectivity index (χ0v) is 12.0. The number of nitrogens with one attached hydrogen (secondary N) is 1. The molecule has 0 aromatic heterocycles. The number of fused-ring (bicyclic) bond motifs is 1. The Labute approximate surface area is 125 Å². The second-order valence-corrected chi connectivity index (χ2v) is 6.15. The quantitative estimate of drug-likeness (QED) is 0.762. The predicted molar refractivity (Wildman–Crippen MR) is 79.5 cm³/mol. The van der Waals surface area contributed by atoms with Crippen LogP contribution in [0.2, 0.25) is 0 Å². The van der Waals surface area contributed by atoms with E-state index in [0.717, 1.165) is 18.5 Å². The Bertz CT molecular complexity index is 622. The van der Waals surface area contributed by atoms with Crippen LogP contribution >= 0.6 is 11.8 Å². The molecule has 0 radical (unpaired) electrons. The van der Waals surface area contributed by atoms with Gasteiger partial charge in [-0.15, -0.1) is 0 Å². The van der Waals surface area contributed by atoms with Crippen molar-refractivity contribution >= 4 is 17.4 Å². The zero-order chi connectivity index (χ0) is 14.9. The summed E-state index contributed by atoms with van der Waals surface area (Å²) in [5.41, 5.74) is -0.756. The van der Waals surface area contributed by atoms with Crippen LogP contribution in [-0.4, -0.2) is 5.51 Å². The highest BCUT2D eigenvalue weighted by Gasteiger charge is 2.29. The van der Waals surface area contributed by atoms with Crippen molar-refractivity contribution in [2.75, 3.05) is 5.32 Å². The number of hydrogen-bond acceptors (Lipinski definition) is 2. The molecule has 110 valence electrons.